The van der Waals surface area contributed by atoms with Gasteiger partial charge < -0.3 is 4.74 Å². The molecule has 0 bridgehead atoms. The van der Waals surface area contributed by atoms with Gasteiger partial charge in [0.2, 0.25) is 0 Å². The Morgan fingerprint density at radius 3 is 2.50 bits per heavy atom. The Kier molecular flexibility index (Phi) is 9.36. The minimum atomic E-state index is -4.32. The summed E-state index contributed by atoms with van der Waals surface area (Å²) < 4.78 is 74.5. The molecule has 3 aromatic rings. The maximum atomic E-state index is 15.0. The van der Waals surface area contributed by atoms with Crippen molar-refractivity contribution in [3.05, 3.63) is 99.9 Å². The highest BCUT2D eigenvalue weighted by atomic mass is 19.4. The van der Waals surface area contributed by atoms with E-state index in [1.54, 1.807) is 18.2 Å². The summed E-state index contributed by atoms with van der Waals surface area (Å²) in [6, 6.07) is 18.1. The van der Waals surface area contributed by atoms with Gasteiger partial charge in [0.1, 0.15) is 17.7 Å². The van der Waals surface area contributed by atoms with E-state index in [2.05, 4.69) is 4.90 Å². The van der Waals surface area contributed by atoms with Gasteiger partial charge in [0.25, 0.3) is 0 Å². The zero-order chi connectivity index (χ0) is 29.9. The van der Waals surface area contributed by atoms with Crippen molar-refractivity contribution in [3.63, 3.8) is 0 Å². The highest BCUT2D eigenvalue weighted by Crippen LogP contribution is 2.43. The fourth-order valence-electron chi connectivity index (χ4n) is 6.34. The average Bonchev–Trinajstić information content (AvgIpc) is 3.33. The van der Waals surface area contributed by atoms with Crippen LogP contribution in [0, 0.1) is 5.82 Å². The van der Waals surface area contributed by atoms with Crippen molar-refractivity contribution in [1.29, 1.82) is 0 Å². The lowest BCUT2D eigenvalue weighted by molar-refractivity contribution is -0.146. The van der Waals surface area contributed by atoms with E-state index < -0.39 is 12.1 Å². The number of ether oxygens (including phenoxy) is 1. The highest BCUT2D eigenvalue weighted by Gasteiger charge is 2.37. The third-order valence-corrected chi connectivity index (χ3v) is 8.64. The van der Waals surface area contributed by atoms with E-state index in [1.807, 2.05) is 43.3 Å². The minimum Gasteiger partial charge on any atom is -0.489 e. The van der Waals surface area contributed by atoms with Gasteiger partial charge in [0.05, 0.1) is 12.6 Å². The molecule has 1 heterocycles. The van der Waals surface area contributed by atoms with Gasteiger partial charge in [-0.05, 0) is 108 Å². The molecule has 1 saturated heterocycles. The number of fused-ring (bicyclic) bond motifs is 1. The molecular weight excluding hydrogens is 545 g/mol. The Balaban J connectivity index is 1.54. The van der Waals surface area contributed by atoms with Gasteiger partial charge in [-0.25, -0.2) is 4.39 Å². The van der Waals surface area contributed by atoms with Crippen molar-refractivity contribution in [2.75, 3.05) is 26.3 Å². The van der Waals surface area contributed by atoms with Gasteiger partial charge in [0.15, 0.2) is 0 Å². The molecule has 3 aromatic carbocycles. The van der Waals surface area contributed by atoms with Crippen molar-refractivity contribution in [2.45, 2.75) is 70.6 Å². The third kappa shape index (κ3) is 6.56. The molecule has 1 unspecified atom stereocenters. The Hall–Kier alpha value is -3.19. The standard InChI is InChI=1S/C35H38F5NO/c1-3-29-31(8-5-10-33(29)37)32-9-4-7-26-21-25(23(2)35(38,39)40)13-16-30(26)34(32)24-11-14-27(15-12-24)42-28-17-20-41(22-28)19-6-18-36/h5,8,10-16,21,23,28H,3-4,6-7,9,17-20,22H2,1-2H3/t23?,28-/m0/s1. The lowest BCUT2D eigenvalue weighted by Gasteiger charge is -2.21. The topological polar surface area (TPSA) is 12.5 Å². The smallest absolute Gasteiger partial charge is 0.395 e. The van der Waals surface area contributed by atoms with Crippen LogP contribution in [0.15, 0.2) is 60.7 Å². The van der Waals surface area contributed by atoms with E-state index in [0.717, 1.165) is 71.6 Å². The third-order valence-electron chi connectivity index (χ3n) is 8.64. The van der Waals surface area contributed by atoms with E-state index in [0.29, 0.717) is 31.2 Å². The molecule has 42 heavy (non-hydrogen) atoms. The highest BCUT2D eigenvalue weighted by molar-refractivity contribution is 6.00. The summed E-state index contributed by atoms with van der Waals surface area (Å²) in [5.41, 5.74) is 6.38. The molecule has 1 aliphatic carbocycles. The van der Waals surface area contributed by atoms with E-state index in [-0.39, 0.29) is 24.2 Å². The Morgan fingerprint density at radius 1 is 1.00 bits per heavy atom. The SMILES string of the molecule is CCc1c(F)cccc1C1=C(c2ccc(O[C@H]3CCN(CCCF)C3)cc2)c2ccc(C(C)C(F)(F)F)cc2CCC1. The first kappa shape index (κ1) is 30.3. The van der Waals surface area contributed by atoms with Crippen LogP contribution >= 0.6 is 0 Å². The lowest BCUT2D eigenvalue weighted by atomic mass is 9.84. The fourth-order valence-corrected chi connectivity index (χ4v) is 6.34. The van der Waals surface area contributed by atoms with Crippen molar-refractivity contribution >= 4 is 11.1 Å². The normalized spacial score (nSPS) is 18.6. The first-order chi connectivity index (χ1) is 20.2. The Morgan fingerprint density at radius 2 is 1.79 bits per heavy atom. The molecule has 224 valence electrons. The van der Waals surface area contributed by atoms with Crippen LogP contribution < -0.4 is 4.74 Å². The molecule has 1 fully saturated rings. The second-order valence-corrected chi connectivity index (χ2v) is 11.4. The molecule has 2 aliphatic rings. The zero-order valence-corrected chi connectivity index (χ0v) is 24.2. The van der Waals surface area contributed by atoms with Crippen molar-refractivity contribution in [1.82, 2.24) is 4.90 Å². The van der Waals surface area contributed by atoms with Gasteiger partial charge in [0, 0.05) is 19.6 Å². The molecule has 0 N–H and O–H groups in total. The van der Waals surface area contributed by atoms with Crippen LogP contribution in [0.2, 0.25) is 0 Å². The lowest BCUT2D eigenvalue weighted by Crippen LogP contribution is -2.26. The summed E-state index contributed by atoms with van der Waals surface area (Å²) in [4.78, 5) is 2.22. The van der Waals surface area contributed by atoms with E-state index >= 15 is 0 Å². The second kappa shape index (κ2) is 13.0. The summed E-state index contributed by atoms with van der Waals surface area (Å²) in [6.07, 6.45) is -0.269. The van der Waals surface area contributed by atoms with Crippen LogP contribution in [-0.4, -0.2) is 43.5 Å². The number of aryl methyl sites for hydroxylation is 1. The first-order valence-electron chi connectivity index (χ1n) is 15.0. The van der Waals surface area contributed by atoms with Gasteiger partial charge in [-0.2, -0.15) is 13.2 Å². The quantitative estimate of drug-likeness (QED) is 0.233. The van der Waals surface area contributed by atoms with Gasteiger partial charge in [-0.1, -0.05) is 49.4 Å². The molecule has 0 spiro atoms. The summed E-state index contributed by atoms with van der Waals surface area (Å²) >= 11 is 0. The fraction of sp³-hybridized carbons (Fsp3) is 0.429. The molecule has 0 aromatic heterocycles. The second-order valence-electron chi connectivity index (χ2n) is 11.4. The van der Waals surface area contributed by atoms with Crippen LogP contribution in [0.3, 0.4) is 0 Å². The van der Waals surface area contributed by atoms with Gasteiger partial charge in [-0.15, -0.1) is 0 Å². The molecule has 0 radical (unpaired) electrons. The van der Waals surface area contributed by atoms with E-state index in [9.17, 15) is 22.0 Å². The van der Waals surface area contributed by atoms with Crippen molar-refractivity contribution in [3.8, 4) is 5.75 Å². The number of hydrogen-bond donors (Lipinski definition) is 0. The van der Waals surface area contributed by atoms with Crippen LogP contribution in [0.1, 0.15) is 78.8 Å². The molecular formula is C35H38F5NO. The number of hydrogen-bond acceptors (Lipinski definition) is 2. The number of halogens is 5. The number of alkyl halides is 4. The van der Waals surface area contributed by atoms with Crippen LogP contribution in [-0.2, 0) is 12.8 Å². The number of allylic oxidation sites excluding steroid dienone is 1. The largest absolute Gasteiger partial charge is 0.489 e. The van der Waals surface area contributed by atoms with Crippen LogP contribution in [0.4, 0.5) is 22.0 Å². The Bertz CT molecular complexity index is 1410. The number of nitrogens with zero attached hydrogens (tertiary/aromatic N) is 1. The number of benzene rings is 3. The predicted octanol–water partition coefficient (Wildman–Crippen LogP) is 9.16. The van der Waals surface area contributed by atoms with Crippen LogP contribution in [0.5, 0.6) is 5.75 Å². The molecule has 0 saturated carbocycles. The maximum Gasteiger partial charge on any atom is 0.395 e. The monoisotopic (exact) mass is 583 g/mol. The van der Waals surface area contributed by atoms with Gasteiger partial charge in [-0.3, -0.25) is 9.29 Å². The van der Waals surface area contributed by atoms with E-state index in [1.165, 1.54) is 13.0 Å². The molecule has 2 atom stereocenters. The maximum absolute atomic E-state index is 15.0. The van der Waals surface area contributed by atoms with Crippen molar-refractivity contribution in [2.24, 2.45) is 0 Å². The van der Waals surface area contributed by atoms with E-state index in [4.69, 9.17) is 4.74 Å². The Labute approximate surface area is 245 Å². The summed E-state index contributed by atoms with van der Waals surface area (Å²) in [5, 5.41) is 0. The summed E-state index contributed by atoms with van der Waals surface area (Å²) in [7, 11) is 0. The molecule has 7 heteroatoms. The van der Waals surface area contributed by atoms with Gasteiger partial charge >= 0.3 is 6.18 Å². The average molecular weight is 584 g/mol. The molecule has 0 amide bonds. The molecule has 2 nitrogen and oxygen atoms in total. The number of likely N-dealkylation sites (tertiary alicyclic amines) is 1. The van der Waals surface area contributed by atoms with Crippen molar-refractivity contribution < 1.29 is 26.7 Å². The first-order valence-corrected chi connectivity index (χ1v) is 15.0. The van der Waals surface area contributed by atoms with Crippen LogP contribution in [0.25, 0.3) is 11.1 Å². The predicted molar refractivity (Wildman–Crippen MR) is 158 cm³/mol. The summed E-state index contributed by atoms with van der Waals surface area (Å²) in [6.45, 7) is 5.20. The summed E-state index contributed by atoms with van der Waals surface area (Å²) in [5.74, 6) is -1.07. The zero-order valence-electron chi connectivity index (χ0n) is 24.2. The molecule has 1 aliphatic heterocycles. The minimum absolute atomic E-state index is 0.0392. The number of rotatable bonds is 9. The molecule has 5 rings (SSSR count).